The summed E-state index contributed by atoms with van der Waals surface area (Å²) >= 11 is 26.2. The molecule has 7 aromatic heterocycles. The lowest BCUT2D eigenvalue weighted by Gasteiger charge is -2.28. The Morgan fingerprint density at radius 1 is 0.519 bits per heavy atom. The first-order valence-electron chi connectivity index (χ1n) is 32.8. The molecule has 12 heterocycles. The van der Waals surface area contributed by atoms with Crippen molar-refractivity contribution in [1.82, 2.24) is 67.7 Å². The third-order valence-electron chi connectivity index (χ3n) is 17.8. The minimum Gasteiger partial charge on any atom is -0.383 e. The van der Waals surface area contributed by atoms with Crippen LogP contribution in [0.3, 0.4) is 0 Å². The zero-order valence-electron chi connectivity index (χ0n) is 57.2. The fourth-order valence-electron chi connectivity index (χ4n) is 12.7. The fourth-order valence-corrected chi connectivity index (χ4v) is 19.9. The number of rotatable bonds is 31. The summed E-state index contributed by atoms with van der Waals surface area (Å²) in [6.07, 6.45) is -11.4. The number of aromatic nitrogens is 14. The number of imidazole rings is 2. The third-order valence-corrected chi connectivity index (χ3v) is 25.9. The fraction of sp³-hybridized carbons (Fsp3) is 0.593. The van der Waals surface area contributed by atoms with E-state index in [9.17, 15) is 57.7 Å². The number of nitrogen functional groups attached to an aromatic ring is 3. The van der Waals surface area contributed by atoms with Crippen LogP contribution in [0, 0.1) is 25.7 Å². The summed E-state index contributed by atoms with van der Waals surface area (Å²) in [6, 6.07) is 1.45. The number of aryl methyl sites for hydroxylation is 2. The molecule has 5 aliphatic rings. The SMILES string of the molecule is CCOP(O)(=S)OC[C@H]1O[C@@H](n2cnc3c(=O)[nH]c(N)nc32)CC1OP(=O)(S)OC[C@H]1O[C@@H](n2cc(C)c(=O)[nH]c2=O)CC1OP(O)(=S)OC[C@H]1O[C@@H](n2cnc3c(=O)[nH]c(N)nc32)CC1OP(O)(=S)OC[C@H]1O[C@@H](n2cc(C)c(=O)[nH]c2=O)CC1OP(O)(=S)OC[C@H]1O[C@@H](n2ccc(N)nc2=O)CC1C(C)C. The van der Waals surface area contributed by atoms with Gasteiger partial charge in [-0.1, -0.05) is 26.1 Å². The summed E-state index contributed by atoms with van der Waals surface area (Å²) in [4.78, 5) is 166. The van der Waals surface area contributed by atoms with Gasteiger partial charge in [-0.05, 0) is 92.3 Å². The molecule has 5 saturated heterocycles. The Bertz CT molecular complexity index is 5240. The van der Waals surface area contributed by atoms with Crippen molar-refractivity contribution < 1.29 is 93.1 Å². The third kappa shape index (κ3) is 19.3. The van der Waals surface area contributed by atoms with Gasteiger partial charge in [-0.25, -0.2) is 28.9 Å². The van der Waals surface area contributed by atoms with Crippen molar-refractivity contribution in [2.24, 2.45) is 11.8 Å². The Morgan fingerprint density at radius 2 is 0.889 bits per heavy atom. The number of thiol groups is 1. The Hall–Kier alpha value is -5.24. The Kier molecular flexibility index (Phi) is 25.2. The van der Waals surface area contributed by atoms with Crippen LogP contribution in [0.4, 0.5) is 17.7 Å². The number of nitrogens with zero attached hydrogens (tertiary/aromatic N) is 10. The monoisotopic (exact) mass is 1710 g/mol. The summed E-state index contributed by atoms with van der Waals surface area (Å²) < 4.78 is 111. The van der Waals surface area contributed by atoms with Crippen LogP contribution in [0.5, 0.6) is 0 Å². The molecule has 10 unspecified atom stereocenters. The van der Waals surface area contributed by atoms with E-state index in [1.807, 2.05) is 13.8 Å². The quantitative estimate of drug-likeness (QED) is 0.0215. The van der Waals surface area contributed by atoms with Crippen LogP contribution in [0.1, 0.15) is 95.1 Å². The van der Waals surface area contributed by atoms with E-state index in [0.29, 0.717) is 6.42 Å². The molecule has 12 rings (SSSR count). The predicted octanol–water partition coefficient (Wildman–Crippen LogP) is 1.25. The highest BCUT2D eigenvalue weighted by atomic mass is 32.7. The van der Waals surface area contributed by atoms with Gasteiger partial charge in [0.25, 0.3) is 22.2 Å². The van der Waals surface area contributed by atoms with Crippen molar-refractivity contribution in [2.45, 2.75) is 153 Å². The van der Waals surface area contributed by atoms with Crippen molar-refractivity contribution in [3.63, 3.8) is 0 Å². The number of ether oxygens (including phenoxy) is 5. The molecular weight excluding hydrogens is 1630 g/mol. The van der Waals surface area contributed by atoms with Crippen LogP contribution >= 0.6 is 45.9 Å². The summed E-state index contributed by atoms with van der Waals surface area (Å²) in [5, 5.41) is 0. The summed E-state index contributed by atoms with van der Waals surface area (Å²) in [6.45, 7) is -16.8. The second-order valence-electron chi connectivity index (χ2n) is 25.6. The average molecular weight is 1710 g/mol. The Morgan fingerprint density at radius 3 is 1.30 bits per heavy atom. The van der Waals surface area contributed by atoms with E-state index in [1.54, 1.807) is 6.92 Å². The lowest BCUT2D eigenvalue weighted by atomic mass is 9.89. The van der Waals surface area contributed by atoms with Gasteiger partial charge in [-0.3, -0.25) is 71.0 Å². The first kappa shape index (κ1) is 82.2. The van der Waals surface area contributed by atoms with Crippen molar-refractivity contribution >= 4 is 133 Å². The van der Waals surface area contributed by atoms with Gasteiger partial charge in [0.2, 0.25) is 11.9 Å². The molecule has 20 atom stereocenters. The van der Waals surface area contributed by atoms with E-state index in [2.05, 4.69) is 57.1 Å². The minimum absolute atomic E-state index is 0.00844. The molecule has 0 spiro atoms. The molecule has 0 aliphatic carbocycles. The highest BCUT2D eigenvalue weighted by Gasteiger charge is 2.49. The average Bonchev–Trinajstić information content (AvgIpc) is 1.60. The van der Waals surface area contributed by atoms with Crippen LogP contribution in [0.15, 0.2) is 70.9 Å². The van der Waals surface area contributed by atoms with Crippen LogP contribution in [0.2, 0.25) is 0 Å². The summed E-state index contributed by atoms with van der Waals surface area (Å²) in [7, 11) is 0. The topological polar surface area (TPSA) is 586 Å². The van der Waals surface area contributed by atoms with E-state index in [0.717, 1.165) is 9.13 Å². The molecule has 592 valence electrons. The van der Waals surface area contributed by atoms with Gasteiger partial charge in [0.1, 0.15) is 67.5 Å². The minimum atomic E-state index is -4.65. The van der Waals surface area contributed by atoms with E-state index < -0.39 is 185 Å². The molecule has 54 heteroatoms. The maximum Gasteiger partial charge on any atom is 0.386 e. The molecule has 5 fully saturated rings. The van der Waals surface area contributed by atoms with E-state index in [-0.39, 0.29) is 102 Å². The van der Waals surface area contributed by atoms with E-state index in [1.165, 1.54) is 64.9 Å². The van der Waals surface area contributed by atoms with E-state index in [4.69, 9.17) is 133 Å². The second-order valence-corrected chi connectivity index (χ2v) is 39.7. The number of nitrogens with two attached hydrogens (primary N) is 3. The van der Waals surface area contributed by atoms with Crippen LogP contribution in [-0.4, -0.2) is 182 Å². The van der Waals surface area contributed by atoms with Crippen molar-refractivity contribution in [1.29, 1.82) is 0 Å². The first-order chi connectivity index (χ1) is 50.8. The van der Waals surface area contributed by atoms with Gasteiger partial charge in [0.15, 0.2) is 22.3 Å². The number of aromatic amines is 4. The van der Waals surface area contributed by atoms with Crippen molar-refractivity contribution in [2.75, 3.05) is 56.8 Å². The van der Waals surface area contributed by atoms with Gasteiger partial charge >= 0.3 is 50.7 Å². The predicted molar refractivity (Wildman–Crippen MR) is 395 cm³/mol. The maximum absolute atomic E-state index is 14.5. The zero-order chi connectivity index (χ0) is 77.9. The van der Waals surface area contributed by atoms with Gasteiger partial charge in [0.05, 0.1) is 76.7 Å². The Labute approximate surface area is 633 Å². The number of fused-ring (bicyclic) bond motifs is 2. The molecule has 0 bridgehead atoms. The van der Waals surface area contributed by atoms with Gasteiger partial charge < -0.3 is 96.6 Å². The normalized spacial score (nSPS) is 28.9. The van der Waals surface area contributed by atoms with E-state index >= 15 is 0 Å². The van der Waals surface area contributed by atoms with Crippen LogP contribution in [-0.2, 0) is 121 Å². The molecule has 7 aromatic rings. The molecule has 0 radical (unpaired) electrons. The van der Waals surface area contributed by atoms with Gasteiger partial charge in [-0.2, -0.15) is 15.0 Å². The number of nitrogens with one attached hydrogen (secondary N) is 4. The molecule has 5 aliphatic heterocycles. The maximum atomic E-state index is 14.5. The molecule has 108 heavy (non-hydrogen) atoms. The molecule has 44 nitrogen and oxygen atoms in total. The molecule has 14 N–H and O–H groups in total. The smallest absolute Gasteiger partial charge is 0.383 e. The van der Waals surface area contributed by atoms with Crippen molar-refractivity contribution in [3.05, 3.63) is 121 Å². The number of hydrogen-bond acceptors (Lipinski definition) is 35. The summed E-state index contributed by atoms with van der Waals surface area (Å²) in [5.74, 6) is -0.755. The summed E-state index contributed by atoms with van der Waals surface area (Å²) in [5.41, 5.74) is 12.2. The Balaban J connectivity index is 0.757. The number of anilines is 3. The van der Waals surface area contributed by atoms with Gasteiger partial charge in [0, 0.05) is 55.4 Å². The standard InChI is InChI=1S/C54H74N17O27P5S5/c1-6-84-99(79,104)85-17-32-29(12-40(93-32)70-21-58-42-44(70)61-50(56)63-48(42)74)97-102(82,107)87-19-34-28(11-39(92-34)69-15-25(5)47(73)66-54(69)78)96-101(81,106)89-20-35-30(13-41(94-35)71-22-59-43-45(71)62-51(57)64-49(43)75)98-103(83,108)88-18-33-27(10-38(91-33)68-14-24(4)46(72)65-53(68)77)95-100(80,105)86-16-31-26(23(2)3)9-37(90-31)67-8-7-36(55)60-52(67)76/h7-8,14-15,21-23,26-35,37-41H,6,9-13,16-20H2,1-5H3,(H,79,104)(H,80,105)(H,81,106)(H,82,107)(H,83,108)(H2,55,60,76)(H,65,72,77)(H,66,73,78)(H3,56,61,63,74)(H3,57,62,64,75)/t26?,27?,28?,29?,30?,31-,32-,33-,34-,35-,37-,38-,39-,40-,41-,99?,100?,101?,102?,103?/m1/s1. The zero-order valence-corrected chi connectivity index (χ0v) is 65.8. The number of hydrogen-bond donors (Lipinski definition) is 12. The molecular formula is C54H74N17O27P5S5. The second kappa shape index (κ2) is 33.1. The largest absolute Gasteiger partial charge is 0.386 e. The number of H-pyrrole nitrogens is 4. The highest BCUT2D eigenvalue weighted by molar-refractivity contribution is 8.44. The molecule has 0 amide bonds. The lowest BCUT2D eigenvalue weighted by Crippen LogP contribution is -2.33. The van der Waals surface area contributed by atoms with Gasteiger partial charge in [-0.15, -0.1) is 0 Å². The molecule has 0 aromatic carbocycles. The van der Waals surface area contributed by atoms with Crippen LogP contribution in [0.25, 0.3) is 22.3 Å². The lowest BCUT2D eigenvalue weighted by molar-refractivity contribution is -0.0555. The molecule has 0 saturated carbocycles. The van der Waals surface area contributed by atoms with Crippen LogP contribution < -0.4 is 56.5 Å². The first-order valence-corrected chi connectivity index (χ1v) is 45.8. The highest BCUT2D eigenvalue weighted by Crippen LogP contribution is 2.59. The van der Waals surface area contributed by atoms with Crippen molar-refractivity contribution in [3.8, 4) is 0 Å².